The van der Waals surface area contributed by atoms with Gasteiger partial charge in [-0.2, -0.15) is 0 Å². The first-order chi connectivity index (χ1) is 12.1. The number of amides is 1. The maximum absolute atomic E-state index is 12.4. The Hall–Kier alpha value is -2.89. The Balaban J connectivity index is 2.01. The van der Waals surface area contributed by atoms with Gasteiger partial charge in [-0.25, -0.2) is 0 Å². The third-order valence-electron chi connectivity index (χ3n) is 3.79. The highest BCUT2D eigenvalue weighted by Crippen LogP contribution is 2.25. The smallest absolute Gasteiger partial charge is 0.251 e. The van der Waals surface area contributed by atoms with Crippen molar-refractivity contribution in [2.24, 2.45) is 0 Å². The summed E-state index contributed by atoms with van der Waals surface area (Å²) in [6, 6.07) is 10.7. The first kappa shape index (κ1) is 18.4. The van der Waals surface area contributed by atoms with Crippen molar-refractivity contribution in [2.75, 3.05) is 35.0 Å². The molecule has 25 heavy (non-hydrogen) atoms. The molecular weight excluding hydrogens is 322 g/mol. The fourth-order valence-corrected chi connectivity index (χ4v) is 2.41. The number of carbonyl (C=O) groups excluding carboxylic acids is 1. The molecule has 6 heteroatoms. The van der Waals surface area contributed by atoms with Gasteiger partial charge < -0.3 is 24.3 Å². The fraction of sp³-hybridized carbons (Fsp3) is 0.316. The number of rotatable bonds is 8. The van der Waals surface area contributed by atoms with Crippen molar-refractivity contribution in [1.82, 2.24) is 5.32 Å². The average molecular weight is 345 g/mol. The van der Waals surface area contributed by atoms with Crippen LogP contribution in [0.2, 0.25) is 0 Å². The van der Waals surface area contributed by atoms with Crippen molar-refractivity contribution >= 4 is 5.91 Å². The maximum Gasteiger partial charge on any atom is 0.251 e. The van der Waals surface area contributed by atoms with Crippen LogP contribution < -0.4 is 24.3 Å². The van der Waals surface area contributed by atoms with Crippen LogP contribution in [0.15, 0.2) is 36.4 Å². The normalized spacial score (nSPS) is 10.1. The number of benzene rings is 2. The van der Waals surface area contributed by atoms with Crippen LogP contribution in [-0.4, -0.2) is 40.9 Å². The standard InChI is InChI=1S/C19H23NO5/c1-22-15-6-5-13(18(12-15)25-4)7-8-20-19(21)14-9-16(23-2)11-17(10-14)24-3/h5-6,9-12H,7-8H2,1-4H3,(H,20,21). The van der Waals surface area contributed by atoms with E-state index in [1.54, 1.807) is 46.6 Å². The Morgan fingerprint density at radius 1 is 0.840 bits per heavy atom. The second-order valence-electron chi connectivity index (χ2n) is 5.29. The molecule has 0 fully saturated rings. The molecule has 2 aromatic carbocycles. The first-order valence-corrected chi connectivity index (χ1v) is 7.83. The molecule has 6 nitrogen and oxygen atoms in total. The van der Waals surface area contributed by atoms with Gasteiger partial charge in [-0.1, -0.05) is 6.07 Å². The number of nitrogens with one attached hydrogen (secondary N) is 1. The van der Waals surface area contributed by atoms with Gasteiger partial charge >= 0.3 is 0 Å². The van der Waals surface area contributed by atoms with E-state index in [4.69, 9.17) is 18.9 Å². The molecule has 0 atom stereocenters. The predicted octanol–water partition coefficient (Wildman–Crippen LogP) is 2.69. The van der Waals surface area contributed by atoms with E-state index in [0.29, 0.717) is 30.0 Å². The zero-order chi connectivity index (χ0) is 18.2. The van der Waals surface area contributed by atoms with Crippen LogP contribution in [0.25, 0.3) is 0 Å². The number of hydrogen-bond donors (Lipinski definition) is 1. The van der Waals surface area contributed by atoms with Gasteiger partial charge in [0.05, 0.1) is 28.4 Å². The fourth-order valence-electron chi connectivity index (χ4n) is 2.41. The summed E-state index contributed by atoms with van der Waals surface area (Å²) in [5.41, 5.74) is 1.48. The summed E-state index contributed by atoms with van der Waals surface area (Å²) in [4.78, 5) is 12.4. The highest BCUT2D eigenvalue weighted by molar-refractivity contribution is 5.95. The minimum absolute atomic E-state index is 0.190. The molecule has 0 heterocycles. The van der Waals surface area contributed by atoms with E-state index in [1.807, 2.05) is 18.2 Å². The molecule has 2 aromatic rings. The van der Waals surface area contributed by atoms with E-state index in [9.17, 15) is 4.79 Å². The van der Waals surface area contributed by atoms with Crippen LogP contribution in [0.3, 0.4) is 0 Å². The largest absolute Gasteiger partial charge is 0.497 e. The lowest BCUT2D eigenvalue weighted by Gasteiger charge is -2.12. The summed E-state index contributed by atoms with van der Waals surface area (Å²) in [5, 5.41) is 2.89. The van der Waals surface area contributed by atoms with E-state index >= 15 is 0 Å². The van der Waals surface area contributed by atoms with Gasteiger partial charge in [0.1, 0.15) is 23.0 Å². The minimum Gasteiger partial charge on any atom is -0.497 e. The third kappa shape index (κ3) is 4.79. The quantitative estimate of drug-likeness (QED) is 0.797. The molecule has 2 rings (SSSR count). The molecule has 0 spiro atoms. The molecule has 0 unspecified atom stereocenters. The van der Waals surface area contributed by atoms with Crippen LogP contribution in [0, 0.1) is 0 Å². The Kier molecular flexibility index (Phi) is 6.51. The second kappa shape index (κ2) is 8.82. The Morgan fingerprint density at radius 3 is 2.04 bits per heavy atom. The molecule has 0 radical (unpaired) electrons. The summed E-state index contributed by atoms with van der Waals surface area (Å²) in [7, 11) is 6.31. The van der Waals surface area contributed by atoms with Crippen LogP contribution in [0.4, 0.5) is 0 Å². The first-order valence-electron chi connectivity index (χ1n) is 7.83. The van der Waals surface area contributed by atoms with Crippen molar-refractivity contribution in [3.8, 4) is 23.0 Å². The van der Waals surface area contributed by atoms with E-state index in [2.05, 4.69) is 5.32 Å². The number of carbonyl (C=O) groups is 1. The van der Waals surface area contributed by atoms with Crippen LogP contribution in [-0.2, 0) is 6.42 Å². The zero-order valence-corrected chi connectivity index (χ0v) is 14.9. The minimum atomic E-state index is -0.190. The third-order valence-corrected chi connectivity index (χ3v) is 3.79. The molecule has 1 amide bonds. The van der Waals surface area contributed by atoms with Gasteiger partial charge in [-0.3, -0.25) is 4.79 Å². The van der Waals surface area contributed by atoms with Crippen molar-refractivity contribution in [2.45, 2.75) is 6.42 Å². The zero-order valence-electron chi connectivity index (χ0n) is 14.9. The van der Waals surface area contributed by atoms with Gasteiger partial charge in [0.2, 0.25) is 0 Å². The molecule has 0 saturated carbocycles. The second-order valence-corrected chi connectivity index (χ2v) is 5.29. The van der Waals surface area contributed by atoms with Crippen LogP contribution >= 0.6 is 0 Å². The SMILES string of the molecule is COc1cc(OC)cc(C(=O)NCCc2ccc(OC)cc2OC)c1. The van der Waals surface area contributed by atoms with Crippen LogP contribution in [0.5, 0.6) is 23.0 Å². The van der Waals surface area contributed by atoms with Gasteiger partial charge in [-0.15, -0.1) is 0 Å². The Bertz CT molecular complexity index is 707. The molecule has 0 bridgehead atoms. The molecule has 0 aromatic heterocycles. The maximum atomic E-state index is 12.4. The molecule has 134 valence electrons. The van der Waals surface area contributed by atoms with Crippen molar-refractivity contribution in [3.05, 3.63) is 47.5 Å². The van der Waals surface area contributed by atoms with E-state index in [1.165, 1.54) is 0 Å². The number of hydrogen-bond acceptors (Lipinski definition) is 5. The van der Waals surface area contributed by atoms with Gasteiger partial charge in [0.25, 0.3) is 5.91 Å². The average Bonchev–Trinajstić information content (AvgIpc) is 2.67. The molecule has 0 aliphatic heterocycles. The lowest BCUT2D eigenvalue weighted by molar-refractivity contribution is 0.0953. The molecular formula is C19H23NO5. The van der Waals surface area contributed by atoms with E-state index in [-0.39, 0.29) is 5.91 Å². The predicted molar refractivity (Wildman–Crippen MR) is 95.1 cm³/mol. The van der Waals surface area contributed by atoms with E-state index < -0.39 is 0 Å². The number of ether oxygens (including phenoxy) is 4. The van der Waals surface area contributed by atoms with Gasteiger partial charge in [0.15, 0.2) is 0 Å². The van der Waals surface area contributed by atoms with E-state index in [0.717, 1.165) is 17.1 Å². The van der Waals surface area contributed by atoms with Crippen molar-refractivity contribution < 1.29 is 23.7 Å². The molecule has 0 aliphatic rings. The highest BCUT2D eigenvalue weighted by atomic mass is 16.5. The Morgan fingerprint density at radius 2 is 1.48 bits per heavy atom. The molecule has 0 aliphatic carbocycles. The molecule has 1 N–H and O–H groups in total. The van der Waals surface area contributed by atoms with Crippen LogP contribution in [0.1, 0.15) is 15.9 Å². The van der Waals surface area contributed by atoms with Gasteiger partial charge in [-0.05, 0) is 30.2 Å². The summed E-state index contributed by atoms with van der Waals surface area (Å²) in [6.07, 6.45) is 0.639. The van der Waals surface area contributed by atoms with Crippen molar-refractivity contribution in [1.29, 1.82) is 0 Å². The summed E-state index contributed by atoms with van der Waals surface area (Å²) in [5.74, 6) is 2.41. The summed E-state index contributed by atoms with van der Waals surface area (Å²) < 4.78 is 20.9. The highest BCUT2D eigenvalue weighted by Gasteiger charge is 2.10. The Labute approximate surface area is 147 Å². The van der Waals surface area contributed by atoms with Crippen molar-refractivity contribution in [3.63, 3.8) is 0 Å². The lowest BCUT2D eigenvalue weighted by Crippen LogP contribution is -2.25. The summed E-state index contributed by atoms with van der Waals surface area (Å²) in [6.45, 7) is 0.473. The lowest BCUT2D eigenvalue weighted by atomic mass is 10.1. The van der Waals surface area contributed by atoms with Gasteiger partial charge in [0, 0.05) is 24.2 Å². The monoisotopic (exact) mass is 345 g/mol. The number of methoxy groups -OCH3 is 4. The molecule has 0 saturated heterocycles. The summed E-state index contributed by atoms with van der Waals surface area (Å²) >= 11 is 0. The topological polar surface area (TPSA) is 66.0 Å².